The number of pyridine rings is 1. The number of ketones is 1. The minimum atomic E-state index is -0.181. The predicted molar refractivity (Wildman–Crippen MR) is 125 cm³/mol. The quantitative estimate of drug-likeness (QED) is 0.352. The van der Waals surface area contributed by atoms with Gasteiger partial charge in [0.15, 0.2) is 5.78 Å². The van der Waals surface area contributed by atoms with Gasteiger partial charge in [-0.2, -0.15) is 5.10 Å². The van der Waals surface area contributed by atoms with Crippen molar-refractivity contribution in [3.63, 3.8) is 0 Å². The van der Waals surface area contributed by atoms with Gasteiger partial charge in [-0.3, -0.25) is 19.7 Å². The Kier molecular flexibility index (Phi) is 5.32. The van der Waals surface area contributed by atoms with E-state index in [1.807, 2.05) is 48.5 Å². The van der Waals surface area contributed by atoms with Crippen LogP contribution in [-0.4, -0.2) is 40.5 Å². The minimum absolute atomic E-state index is 0.162. The van der Waals surface area contributed by atoms with Crippen molar-refractivity contribution in [2.75, 3.05) is 24.3 Å². The fourth-order valence-electron chi connectivity index (χ4n) is 3.95. The van der Waals surface area contributed by atoms with Crippen molar-refractivity contribution in [1.82, 2.24) is 15.2 Å². The molecule has 0 fully saturated rings. The highest BCUT2D eigenvalue weighted by Crippen LogP contribution is 2.43. The second kappa shape index (κ2) is 8.58. The highest BCUT2D eigenvalue weighted by molar-refractivity contribution is 6.27. The molecule has 2 heterocycles. The average Bonchev–Trinajstić information content (AvgIpc) is 3.40. The van der Waals surface area contributed by atoms with Gasteiger partial charge >= 0.3 is 0 Å². The molecule has 0 atom stereocenters. The van der Waals surface area contributed by atoms with Crippen molar-refractivity contribution in [3.05, 3.63) is 78.1 Å². The first kappa shape index (κ1) is 20.4. The number of carbonyl (C=O) groups is 2. The number of amides is 1. The molecule has 164 valence electrons. The second-order valence-electron chi connectivity index (χ2n) is 7.57. The maximum absolute atomic E-state index is 13.4. The number of aromatic amines is 1. The van der Waals surface area contributed by atoms with Gasteiger partial charge in [0.25, 0.3) is 0 Å². The number of fused-ring (bicyclic) bond motifs is 3. The summed E-state index contributed by atoms with van der Waals surface area (Å²) < 4.78 is 5.22. The monoisotopic (exact) mass is 439 g/mol. The number of benzene rings is 2. The molecule has 1 amide bonds. The lowest BCUT2D eigenvalue weighted by Crippen LogP contribution is -2.18. The van der Waals surface area contributed by atoms with Crippen molar-refractivity contribution in [1.29, 1.82) is 0 Å². The fourth-order valence-corrected chi connectivity index (χ4v) is 3.95. The van der Waals surface area contributed by atoms with Crippen LogP contribution in [0.2, 0.25) is 0 Å². The van der Waals surface area contributed by atoms with E-state index in [1.165, 1.54) is 0 Å². The standard InChI is InChI=1S/C25H21N5O3/c1-33-17-7-5-15(6-8-17)23-22-24(30-29-23)18-3-2-4-19(21(18)25(22)32)28-20(31)11-14-27-16-9-12-26-13-10-16/h2-10,12-13H,11,14H2,1H3,(H,26,27)(H,28,31)(H,29,30). The first-order chi connectivity index (χ1) is 16.2. The molecule has 0 saturated heterocycles. The van der Waals surface area contributed by atoms with Crippen LogP contribution in [0.1, 0.15) is 22.3 Å². The summed E-state index contributed by atoms with van der Waals surface area (Å²) in [6, 6.07) is 16.5. The lowest BCUT2D eigenvalue weighted by Gasteiger charge is -2.11. The summed E-state index contributed by atoms with van der Waals surface area (Å²) >= 11 is 0. The third kappa shape index (κ3) is 3.82. The summed E-state index contributed by atoms with van der Waals surface area (Å²) in [5.74, 6) is 0.387. The van der Waals surface area contributed by atoms with E-state index in [2.05, 4.69) is 25.8 Å². The summed E-state index contributed by atoms with van der Waals surface area (Å²) in [6.07, 6.45) is 3.62. The summed E-state index contributed by atoms with van der Waals surface area (Å²) in [7, 11) is 1.61. The van der Waals surface area contributed by atoms with Crippen molar-refractivity contribution in [3.8, 4) is 28.3 Å². The van der Waals surface area contributed by atoms with E-state index in [0.717, 1.165) is 17.0 Å². The first-order valence-electron chi connectivity index (χ1n) is 10.5. The zero-order chi connectivity index (χ0) is 22.8. The van der Waals surface area contributed by atoms with Gasteiger partial charge in [-0.1, -0.05) is 12.1 Å². The summed E-state index contributed by atoms with van der Waals surface area (Å²) in [5, 5.41) is 13.5. The zero-order valence-electron chi connectivity index (χ0n) is 17.9. The van der Waals surface area contributed by atoms with Crippen LogP contribution in [0.25, 0.3) is 22.5 Å². The molecule has 2 aromatic heterocycles. The Bertz CT molecular complexity index is 1330. The highest BCUT2D eigenvalue weighted by Gasteiger charge is 2.35. The van der Waals surface area contributed by atoms with Gasteiger partial charge in [-0.05, 0) is 42.5 Å². The SMILES string of the molecule is COc1ccc(-c2[nH]nc3c2C(=O)c2c(NC(=O)CCNc4ccncc4)cccc2-3)cc1. The Morgan fingerprint density at radius 3 is 2.58 bits per heavy atom. The Balaban J connectivity index is 1.35. The molecule has 8 heteroatoms. The summed E-state index contributed by atoms with van der Waals surface area (Å²) in [6.45, 7) is 0.461. The number of anilines is 2. The number of carbonyl (C=O) groups excluding carboxylic acids is 2. The molecule has 8 nitrogen and oxygen atoms in total. The lowest BCUT2D eigenvalue weighted by atomic mass is 10.0. The van der Waals surface area contributed by atoms with Crippen molar-refractivity contribution in [2.45, 2.75) is 6.42 Å². The van der Waals surface area contributed by atoms with E-state index in [4.69, 9.17) is 4.74 Å². The van der Waals surface area contributed by atoms with E-state index >= 15 is 0 Å². The molecule has 3 N–H and O–H groups in total. The molecule has 4 aromatic rings. The minimum Gasteiger partial charge on any atom is -0.497 e. The number of nitrogens with zero attached hydrogens (tertiary/aromatic N) is 2. The lowest BCUT2D eigenvalue weighted by molar-refractivity contribution is -0.115. The van der Waals surface area contributed by atoms with Gasteiger partial charge < -0.3 is 15.4 Å². The number of H-pyrrole nitrogens is 1. The maximum Gasteiger partial charge on any atom is 0.226 e. The van der Waals surface area contributed by atoms with Crippen LogP contribution in [0.4, 0.5) is 11.4 Å². The summed E-state index contributed by atoms with van der Waals surface area (Å²) in [4.78, 5) is 29.9. The van der Waals surface area contributed by atoms with Gasteiger partial charge in [-0.15, -0.1) is 0 Å². The molecular weight excluding hydrogens is 418 g/mol. The highest BCUT2D eigenvalue weighted by atomic mass is 16.5. The van der Waals surface area contributed by atoms with E-state index in [1.54, 1.807) is 25.6 Å². The number of rotatable bonds is 7. The molecule has 5 rings (SSSR count). The Morgan fingerprint density at radius 1 is 1.03 bits per heavy atom. The normalized spacial score (nSPS) is 11.6. The largest absolute Gasteiger partial charge is 0.497 e. The van der Waals surface area contributed by atoms with Crippen LogP contribution in [-0.2, 0) is 4.79 Å². The average molecular weight is 439 g/mol. The molecule has 0 bridgehead atoms. The number of ether oxygens (including phenoxy) is 1. The van der Waals surface area contributed by atoms with Gasteiger partial charge in [0.1, 0.15) is 11.4 Å². The molecule has 0 radical (unpaired) electrons. The molecule has 1 aliphatic rings. The molecular formula is C25H21N5O3. The van der Waals surface area contributed by atoms with Gasteiger partial charge in [0.2, 0.25) is 5.91 Å². The van der Waals surface area contributed by atoms with Crippen LogP contribution in [0, 0.1) is 0 Å². The van der Waals surface area contributed by atoms with E-state index in [9.17, 15) is 9.59 Å². The number of hydrogen-bond acceptors (Lipinski definition) is 6. The van der Waals surface area contributed by atoms with Gasteiger partial charge in [-0.25, -0.2) is 0 Å². The fraction of sp³-hybridized carbons (Fsp3) is 0.120. The maximum atomic E-state index is 13.4. The summed E-state index contributed by atoms with van der Waals surface area (Å²) in [5.41, 5.74) is 5.14. The molecule has 0 unspecified atom stereocenters. The molecule has 1 aliphatic carbocycles. The number of nitrogens with one attached hydrogen (secondary N) is 3. The smallest absolute Gasteiger partial charge is 0.226 e. The van der Waals surface area contributed by atoms with E-state index < -0.39 is 0 Å². The first-order valence-corrected chi connectivity index (χ1v) is 10.5. The predicted octanol–water partition coefficient (Wildman–Crippen LogP) is 4.13. The van der Waals surface area contributed by atoms with Crippen molar-refractivity contribution < 1.29 is 14.3 Å². The van der Waals surface area contributed by atoms with Gasteiger partial charge in [0.05, 0.1) is 29.6 Å². The van der Waals surface area contributed by atoms with E-state index in [0.29, 0.717) is 40.3 Å². The van der Waals surface area contributed by atoms with Crippen LogP contribution in [0.15, 0.2) is 67.0 Å². The second-order valence-corrected chi connectivity index (χ2v) is 7.57. The zero-order valence-corrected chi connectivity index (χ0v) is 17.9. The van der Waals surface area contributed by atoms with E-state index in [-0.39, 0.29) is 18.1 Å². The molecule has 33 heavy (non-hydrogen) atoms. The van der Waals surface area contributed by atoms with Crippen molar-refractivity contribution >= 4 is 23.1 Å². The molecule has 0 aliphatic heterocycles. The van der Waals surface area contributed by atoms with Crippen LogP contribution in [0.3, 0.4) is 0 Å². The molecule has 0 saturated carbocycles. The number of hydrogen-bond donors (Lipinski definition) is 3. The topological polar surface area (TPSA) is 109 Å². The molecule has 0 spiro atoms. The Morgan fingerprint density at radius 2 is 1.82 bits per heavy atom. The Labute approximate surface area is 190 Å². The Hall–Kier alpha value is -4.46. The van der Waals surface area contributed by atoms with Crippen LogP contribution >= 0.6 is 0 Å². The molecule has 2 aromatic carbocycles. The van der Waals surface area contributed by atoms with Crippen LogP contribution < -0.4 is 15.4 Å². The number of methoxy groups -OCH3 is 1. The van der Waals surface area contributed by atoms with Crippen molar-refractivity contribution in [2.24, 2.45) is 0 Å². The van der Waals surface area contributed by atoms with Gasteiger partial charge in [0, 0.05) is 42.2 Å². The number of aromatic nitrogens is 3. The third-order valence-electron chi connectivity index (χ3n) is 5.55. The van der Waals surface area contributed by atoms with Crippen LogP contribution in [0.5, 0.6) is 5.75 Å². The third-order valence-corrected chi connectivity index (χ3v) is 5.55.